The third-order valence-electron chi connectivity index (χ3n) is 3.52. The lowest BCUT2D eigenvalue weighted by Gasteiger charge is -2.13. The summed E-state index contributed by atoms with van der Waals surface area (Å²) in [5.41, 5.74) is 3.03. The van der Waals surface area contributed by atoms with Gasteiger partial charge in [-0.3, -0.25) is 0 Å². The maximum absolute atomic E-state index is 5.47. The van der Waals surface area contributed by atoms with E-state index in [1.807, 2.05) is 0 Å². The zero-order valence-electron chi connectivity index (χ0n) is 9.95. The molecule has 0 spiro atoms. The van der Waals surface area contributed by atoms with Crippen LogP contribution in [-0.2, 0) is 22.3 Å². The van der Waals surface area contributed by atoms with Crippen LogP contribution in [0.4, 0.5) is 0 Å². The molecule has 1 aromatic carbocycles. The molecule has 0 bridgehead atoms. The number of hydrogen-bond donors (Lipinski definition) is 0. The fraction of sp³-hybridized carbons (Fsp3) is 0.571. The Balaban J connectivity index is 1.80. The summed E-state index contributed by atoms with van der Waals surface area (Å²) < 4.78 is 10.9. The molecular formula is C14H18O2. The topological polar surface area (TPSA) is 25.1 Å². The van der Waals surface area contributed by atoms with E-state index in [1.165, 1.54) is 11.1 Å². The van der Waals surface area contributed by atoms with Crippen LogP contribution < -0.4 is 0 Å². The van der Waals surface area contributed by atoms with Crippen LogP contribution in [-0.4, -0.2) is 24.4 Å². The molecule has 0 radical (unpaired) electrons. The number of rotatable bonds is 4. The van der Waals surface area contributed by atoms with E-state index in [0.717, 1.165) is 26.1 Å². The molecular weight excluding hydrogens is 200 g/mol. The zero-order chi connectivity index (χ0) is 11.2. The minimum Gasteiger partial charge on any atom is -0.370 e. The van der Waals surface area contributed by atoms with Gasteiger partial charge in [-0.15, -0.1) is 0 Å². The van der Waals surface area contributed by atoms with Crippen molar-refractivity contribution >= 4 is 0 Å². The van der Waals surface area contributed by atoms with Gasteiger partial charge in [0.25, 0.3) is 0 Å². The van der Waals surface area contributed by atoms with Gasteiger partial charge in [-0.05, 0) is 25.0 Å². The number of epoxide rings is 2. The Kier molecular flexibility index (Phi) is 2.13. The SMILES string of the molecule is CC1(Cc2ccccc2CC2(C)CO2)CO1. The summed E-state index contributed by atoms with van der Waals surface area (Å²) in [5, 5.41) is 0. The number of hydrogen-bond acceptors (Lipinski definition) is 2. The average Bonchev–Trinajstić information content (AvgIpc) is 3.13. The summed E-state index contributed by atoms with van der Waals surface area (Å²) in [7, 11) is 0. The van der Waals surface area contributed by atoms with Crippen molar-refractivity contribution in [1.29, 1.82) is 0 Å². The Morgan fingerprint density at radius 1 is 0.938 bits per heavy atom. The predicted octanol–water partition coefficient (Wildman–Crippen LogP) is 2.35. The van der Waals surface area contributed by atoms with E-state index in [-0.39, 0.29) is 11.2 Å². The second-order valence-corrected chi connectivity index (χ2v) is 5.60. The first-order chi connectivity index (χ1) is 7.59. The molecule has 2 heterocycles. The van der Waals surface area contributed by atoms with Gasteiger partial charge in [-0.1, -0.05) is 24.3 Å². The van der Waals surface area contributed by atoms with Crippen LogP contribution in [0.15, 0.2) is 24.3 Å². The fourth-order valence-corrected chi connectivity index (χ4v) is 2.16. The summed E-state index contributed by atoms with van der Waals surface area (Å²) in [6.45, 7) is 6.16. The molecule has 2 aliphatic rings. The van der Waals surface area contributed by atoms with E-state index in [4.69, 9.17) is 9.47 Å². The Morgan fingerprint density at radius 3 is 1.62 bits per heavy atom. The van der Waals surface area contributed by atoms with Crippen molar-refractivity contribution < 1.29 is 9.47 Å². The van der Waals surface area contributed by atoms with Crippen LogP contribution in [0.3, 0.4) is 0 Å². The molecule has 0 saturated carbocycles. The Hall–Kier alpha value is -0.860. The lowest BCUT2D eigenvalue weighted by Crippen LogP contribution is -2.15. The van der Waals surface area contributed by atoms with Gasteiger partial charge >= 0.3 is 0 Å². The highest BCUT2D eigenvalue weighted by molar-refractivity contribution is 5.31. The van der Waals surface area contributed by atoms with Gasteiger partial charge in [0.05, 0.1) is 24.4 Å². The van der Waals surface area contributed by atoms with Gasteiger partial charge in [0.2, 0.25) is 0 Å². The standard InChI is InChI=1S/C14H18O2/c1-13(9-15-13)7-11-5-3-4-6-12(11)8-14(2)10-16-14/h3-6H,7-10H2,1-2H3. The van der Waals surface area contributed by atoms with Crippen molar-refractivity contribution in [2.75, 3.05) is 13.2 Å². The normalized spacial score (nSPS) is 36.1. The molecule has 1 aromatic rings. The summed E-state index contributed by atoms with van der Waals surface area (Å²) in [5.74, 6) is 0. The van der Waals surface area contributed by atoms with Crippen LogP contribution in [0, 0.1) is 0 Å². The van der Waals surface area contributed by atoms with Crippen LogP contribution in [0.5, 0.6) is 0 Å². The van der Waals surface area contributed by atoms with E-state index in [1.54, 1.807) is 0 Å². The largest absolute Gasteiger partial charge is 0.370 e. The zero-order valence-corrected chi connectivity index (χ0v) is 9.95. The van der Waals surface area contributed by atoms with Crippen molar-refractivity contribution in [3.05, 3.63) is 35.4 Å². The highest BCUT2D eigenvalue weighted by atomic mass is 16.6. The van der Waals surface area contributed by atoms with Crippen LogP contribution in [0.25, 0.3) is 0 Å². The fourth-order valence-electron chi connectivity index (χ4n) is 2.16. The van der Waals surface area contributed by atoms with Gasteiger partial charge in [0.1, 0.15) is 0 Å². The molecule has 2 nitrogen and oxygen atoms in total. The highest BCUT2D eigenvalue weighted by Gasteiger charge is 2.42. The first kappa shape index (κ1) is 10.3. The minimum atomic E-state index is 0.0986. The second-order valence-electron chi connectivity index (χ2n) is 5.60. The monoisotopic (exact) mass is 218 g/mol. The van der Waals surface area contributed by atoms with Crippen LogP contribution in [0.1, 0.15) is 25.0 Å². The van der Waals surface area contributed by atoms with Crippen molar-refractivity contribution in [1.82, 2.24) is 0 Å². The van der Waals surface area contributed by atoms with E-state index >= 15 is 0 Å². The molecule has 2 unspecified atom stereocenters. The average molecular weight is 218 g/mol. The first-order valence-corrected chi connectivity index (χ1v) is 5.93. The number of benzene rings is 1. The van der Waals surface area contributed by atoms with Gasteiger partial charge in [-0.25, -0.2) is 0 Å². The Morgan fingerprint density at radius 2 is 1.31 bits per heavy atom. The van der Waals surface area contributed by atoms with E-state index in [2.05, 4.69) is 38.1 Å². The second kappa shape index (κ2) is 3.31. The molecule has 2 saturated heterocycles. The van der Waals surface area contributed by atoms with Gasteiger partial charge < -0.3 is 9.47 Å². The first-order valence-electron chi connectivity index (χ1n) is 5.93. The molecule has 2 fully saturated rings. The van der Waals surface area contributed by atoms with Crippen molar-refractivity contribution in [3.8, 4) is 0 Å². The van der Waals surface area contributed by atoms with Crippen LogP contribution >= 0.6 is 0 Å². The minimum absolute atomic E-state index is 0.0986. The summed E-state index contributed by atoms with van der Waals surface area (Å²) in [4.78, 5) is 0. The molecule has 2 heteroatoms. The Bertz CT molecular complexity index is 364. The van der Waals surface area contributed by atoms with Gasteiger partial charge in [0, 0.05) is 12.8 Å². The van der Waals surface area contributed by atoms with Crippen LogP contribution in [0.2, 0.25) is 0 Å². The molecule has 0 aliphatic carbocycles. The summed E-state index contributed by atoms with van der Waals surface area (Å²) in [6, 6.07) is 8.66. The molecule has 0 aromatic heterocycles. The smallest absolute Gasteiger partial charge is 0.0928 e. The molecule has 86 valence electrons. The molecule has 0 amide bonds. The van der Waals surface area contributed by atoms with Gasteiger partial charge in [-0.2, -0.15) is 0 Å². The molecule has 0 N–H and O–H groups in total. The van der Waals surface area contributed by atoms with Crippen molar-refractivity contribution in [2.45, 2.75) is 37.9 Å². The summed E-state index contributed by atoms with van der Waals surface area (Å²) in [6.07, 6.45) is 2.05. The van der Waals surface area contributed by atoms with E-state index < -0.39 is 0 Å². The van der Waals surface area contributed by atoms with Crippen molar-refractivity contribution in [3.63, 3.8) is 0 Å². The lowest BCUT2D eigenvalue weighted by atomic mass is 9.92. The van der Waals surface area contributed by atoms with Gasteiger partial charge in [0.15, 0.2) is 0 Å². The van der Waals surface area contributed by atoms with E-state index in [9.17, 15) is 0 Å². The lowest BCUT2D eigenvalue weighted by molar-refractivity contribution is 0.314. The molecule has 16 heavy (non-hydrogen) atoms. The molecule has 2 atom stereocenters. The maximum atomic E-state index is 5.47. The molecule has 3 rings (SSSR count). The maximum Gasteiger partial charge on any atom is 0.0928 e. The van der Waals surface area contributed by atoms with E-state index in [0.29, 0.717) is 0 Å². The summed E-state index contributed by atoms with van der Waals surface area (Å²) >= 11 is 0. The molecule has 2 aliphatic heterocycles. The third kappa shape index (κ3) is 2.13. The highest BCUT2D eigenvalue weighted by Crippen LogP contribution is 2.35. The third-order valence-corrected chi connectivity index (χ3v) is 3.52. The predicted molar refractivity (Wildman–Crippen MR) is 62.6 cm³/mol. The Labute approximate surface area is 96.6 Å². The quantitative estimate of drug-likeness (QED) is 0.725. The van der Waals surface area contributed by atoms with Crippen molar-refractivity contribution in [2.24, 2.45) is 0 Å². The number of ether oxygens (including phenoxy) is 2.